The number of likely N-dealkylation sites (tertiary alicyclic amines) is 1. The molecule has 2 atom stereocenters. The lowest BCUT2D eigenvalue weighted by Crippen LogP contribution is -2.38. The predicted octanol–water partition coefficient (Wildman–Crippen LogP) is 3.50. The molecule has 0 aliphatic carbocycles. The van der Waals surface area contributed by atoms with Crippen molar-refractivity contribution < 1.29 is 4.79 Å². The summed E-state index contributed by atoms with van der Waals surface area (Å²) >= 11 is 13.8. The first kappa shape index (κ1) is 16.7. The van der Waals surface area contributed by atoms with Crippen LogP contribution in [0.5, 0.6) is 0 Å². The monoisotopic (exact) mass is 347 g/mol. The van der Waals surface area contributed by atoms with Crippen LogP contribution in [0.2, 0.25) is 10.0 Å². The van der Waals surface area contributed by atoms with Gasteiger partial charge in [-0.2, -0.15) is 11.8 Å². The molecule has 1 aliphatic heterocycles. The second-order valence-corrected chi connectivity index (χ2v) is 7.18. The Morgan fingerprint density at radius 3 is 2.67 bits per heavy atom. The van der Waals surface area contributed by atoms with E-state index in [1.165, 1.54) is 0 Å². The first-order valence-electron chi connectivity index (χ1n) is 6.62. The average Bonchev–Trinajstić information content (AvgIpc) is 2.87. The van der Waals surface area contributed by atoms with Gasteiger partial charge in [-0.15, -0.1) is 0 Å². The van der Waals surface area contributed by atoms with E-state index in [4.69, 9.17) is 23.2 Å². The van der Waals surface area contributed by atoms with E-state index in [9.17, 15) is 4.79 Å². The van der Waals surface area contributed by atoms with Gasteiger partial charge in [0.05, 0.1) is 10.7 Å². The molecule has 0 aromatic heterocycles. The van der Waals surface area contributed by atoms with E-state index in [1.807, 2.05) is 19.0 Å². The molecule has 21 heavy (non-hydrogen) atoms. The number of urea groups is 1. The molecule has 1 N–H and O–H groups in total. The number of hydrogen-bond donors (Lipinski definition) is 1. The van der Waals surface area contributed by atoms with Crippen LogP contribution in [0.15, 0.2) is 18.2 Å². The minimum Gasteiger partial charge on any atom is -0.322 e. The van der Waals surface area contributed by atoms with Gasteiger partial charge in [0.25, 0.3) is 0 Å². The minimum absolute atomic E-state index is 0.137. The molecule has 1 aliphatic rings. The topological polar surface area (TPSA) is 35.6 Å². The van der Waals surface area contributed by atoms with Gasteiger partial charge in [0, 0.05) is 29.4 Å². The molecule has 0 saturated carbocycles. The molecular formula is C14H19Cl2N3OS. The number of amides is 2. The van der Waals surface area contributed by atoms with E-state index in [0.717, 1.165) is 6.54 Å². The Bertz CT molecular complexity index is 527. The van der Waals surface area contributed by atoms with Crippen molar-refractivity contribution >= 4 is 46.7 Å². The van der Waals surface area contributed by atoms with Gasteiger partial charge in [-0.3, -0.25) is 0 Å². The number of halogens is 2. The standard InChI is InChI=1S/C14H19Cl2N3OS/c1-18(2)12-7-19(8-13(12)21-3)14(20)17-11-6-9(15)4-5-10(11)16/h4-6,12-13H,7-8H2,1-3H3,(H,17,20)/t12-,13+/m1/s1. The van der Waals surface area contributed by atoms with Crippen LogP contribution in [0.25, 0.3) is 0 Å². The normalized spacial score (nSPS) is 21.9. The van der Waals surface area contributed by atoms with Crippen LogP contribution >= 0.6 is 35.0 Å². The van der Waals surface area contributed by atoms with Crippen LogP contribution in [0.4, 0.5) is 10.5 Å². The summed E-state index contributed by atoms with van der Waals surface area (Å²) in [5.74, 6) is 0. The second kappa shape index (κ2) is 7.09. The number of hydrogen-bond acceptors (Lipinski definition) is 3. The highest BCUT2D eigenvalue weighted by molar-refractivity contribution is 7.99. The van der Waals surface area contributed by atoms with E-state index >= 15 is 0 Å². The fourth-order valence-electron chi connectivity index (χ4n) is 2.44. The van der Waals surface area contributed by atoms with Crippen molar-refractivity contribution in [3.05, 3.63) is 28.2 Å². The third-order valence-corrected chi connectivity index (χ3v) is 5.29. The van der Waals surface area contributed by atoms with Crippen molar-refractivity contribution in [2.45, 2.75) is 11.3 Å². The zero-order valence-corrected chi connectivity index (χ0v) is 14.6. The van der Waals surface area contributed by atoms with Crippen LogP contribution in [-0.4, -0.2) is 60.6 Å². The maximum absolute atomic E-state index is 12.4. The van der Waals surface area contributed by atoms with Gasteiger partial charge in [0.2, 0.25) is 0 Å². The van der Waals surface area contributed by atoms with E-state index in [0.29, 0.717) is 33.6 Å². The second-order valence-electron chi connectivity index (χ2n) is 5.26. The summed E-state index contributed by atoms with van der Waals surface area (Å²) in [6.45, 7) is 1.44. The van der Waals surface area contributed by atoms with Gasteiger partial charge in [0.15, 0.2) is 0 Å². The molecule has 1 fully saturated rings. The number of carbonyl (C=O) groups is 1. The summed E-state index contributed by atoms with van der Waals surface area (Å²) in [6, 6.07) is 5.26. The summed E-state index contributed by atoms with van der Waals surface area (Å²) in [5, 5.41) is 4.29. The summed E-state index contributed by atoms with van der Waals surface area (Å²) in [5.41, 5.74) is 0.545. The van der Waals surface area contributed by atoms with Crippen molar-refractivity contribution in [2.75, 3.05) is 38.8 Å². The third kappa shape index (κ3) is 3.97. The molecule has 0 radical (unpaired) electrons. The Labute approximate surface area is 139 Å². The lowest BCUT2D eigenvalue weighted by atomic mass is 10.2. The molecule has 2 rings (SSSR count). The van der Waals surface area contributed by atoms with E-state index < -0.39 is 0 Å². The lowest BCUT2D eigenvalue weighted by Gasteiger charge is -2.23. The zero-order valence-electron chi connectivity index (χ0n) is 12.3. The number of nitrogens with zero attached hydrogens (tertiary/aromatic N) is 2. The fraction of sp³-hybridized carbons (Fsp3) is 0.500. The van der Waals surface area contributed by atoms with Crippen LogP contribution in [0.3, 0.4) is 0 Å². The molecule has 4 nitrogen and oxygen atoms in total. The molecule has 0 bridgehead atoms. The first-order valence-corrected chi connectivity index (χ1v) is 8.67. The Morgan fingerprint density at radius 1 is 1.38 bits per heavy atom. The summed E-state index contributed by atoms with van der Waals surface area (Å²) in [4.78, 5) is 16.4. The van der Waals surface area contributed by atoms with Crippen molar-refractivity contribution in [2.24, 2.45) is 0 Å². The lowest BCUT2D eigenvalue weighted by molar-refractivity contribution is 0.216. The number of anilines is 1. The van der Waals surface area contributed by atoms with Gasteiger partial charge in [-0.1, -0.05) is 23.2 Å². The van der Waals surface area contributed by atoms with Crippen molar-refractivity contribution in [3.8, 4) is 0 Å². The molecule has 116 valence electrons. The van der Waals surface area contributed by atoms with Crippen molar-refractivity contribution in [1.29, 1.82) is 0 Å². The summed E-state index contributed by atoms with van der Waals surface area (Å²) in [7, 11) is 4.09. The van der Waals surface area contributed by atoms with Crippen LogP contribution in [0, 0.1) is 0 Å². The van der Waals surface area contributed by atoms with E-state index in [2.05, 4.69) is 16.5 Å². The number of nitrogens with one attached hydrogen (secondary N) is 1. The largest absolute Gasteiger partial charge is 0.322 e. The third-order valence-electron chi connectivity index (χ3n) is 3.66. The molecule has 1 saturated heterocycles. The number of rotatable bonds is 3. The van der Waals surface area contributed by atoms with Gasteiger partial charge in [-0.05, 0) is 38.6 Å². The zero-order chi connectivity index (χ0) is 15.6. The van der Waals surface area contributed by atoms with E-state index in [1.54, 1.807) is 30.0 Å². The smallest absolute Gasteiger partial charge is 0.321 e. The Kier molecular flexibility index (Phi) is 5.66. The molecule has 1 aromatic carbocycles. The van der Waals surface area contributed by atoms with Crippen molar-refractivity contribution in [1.82, 2.24) is 9.80 Å². The highest BCUT2D eigenvalue weighted by atomic mass is 35.5. The molecule has 1 aromatic rings. The van der Waals surface area contributed by atoms with Gasteiger partial charge in [-0.25, -0.2) is 4.79 Å². The Hall–Kier alpha value is -0.620. The predicted molar refractivity (Wildman–Crippen MR) is 91.8 cm³/mol. The maximum Gasteiger partial charge on any atom is 0.321 e. The average molecular weight is 348 g/mol. The highest BCUT2D eigenvalue weighted by Gasteiger charge is 2.36. The first-order chi connectivity index (χ1) is 9.92. The highest BCUT2D eigenvalue weighted by Crippen LogP contribution is 2.28. The molecule has 7 heteroatoms. The van der Waals surface area contributed by atoms with Crippen LogP contribution in [-0.2, 0) is 0 Å². The van der Waals surface area contributed by atoms with Gasteiger partial charge >= 0.3 is 6.03 Å². The van der Waals surface area contributed by atoms with Crippen LogP contribution in [0.1, 0.15) is 0 Å². The minimum atomic E-state index is -0.137. The fourth-order valence-corrected chi connectivity index (χ4v) is 3.75. The SMILES string of the molecule is CS[C@H]1CN(C(=O)Nc2cc(Cl)ccc2Cl)C[C@H]1N(C)C. The molecule has 1 heterocycles. The van der Waals surface area contributed by atoms with Crippen molar-refractivity contribution in [3.63, 3.8) is 0 Å². The molecule has 2 amide bonds. The van der Waals surface area contributed by atoms with Gasteiger partial charge in [0.1, 0.15) is 0 Å². The maximum atomic E-state index is 12.4. The molecular weight excluding hydrogens is 329 g/mol. The number of benzene rings is 1. The van der Waals surface area contributed by atoms with Gasteiger partial charge < -0.3 is 15.1 Å². The quantitative estimate of drug-likeness (QED) is 0.908. The Morgan fingerprint density at radius 2 is 2.10 bits per heavy atom. The summed E-state index contributed by atoms with van der Waals surface area (Å²) < 4.78 is 0. The van der Waals surface area contributed by atoms with Crippen LogP contribution < -0.4 is 5.32 Å². The molecule has 0 spiro atoms. The Balaban J connectivity index is 2.06. The number of thioether (sulfide) groups is 1. The number of carbonyl (C=O) groups excluding carboxylic acids is 1. The summed E-state index contributed by atoms with van der Waals surface area (Å²) in [6.07, 6.45) is 2.08. The molecule has 0 unspecified atom stereocenters. The number of likely N-dealkylation sites (N-methyl/N-ethyl adjacent to an activating group) is 1. The van der Waals surface area contributed by atoms with E-state index in [-0.39, 0.29) is 6.03 Å².